The molecular weight excluding hydrogens is 319 g/mol. The van der Waals surface area contributed by atoms with Crippen molar-refractivity contribution in [3.8, 4) is 11.5 Å². The van der Waals surface area contributed by atoms with Crippen LogP contribution in [0.5, 0.6) is 0 Å². The summed E-state index contributed by atoms with van der Waals surface area (Å²) in [7, 11) is 0. The summed E-state index contributed by atoms with van der Waals surface area (Å²) in [6.07, 6.45) is 0. The van der Waals surface area contributed by atoms with Crippen LogP contribution in [0.3, 0.4) is 0 Å². The molecule has 1 aromatic carbocycles. The lowest BCUT2D eigenvalue weighted by Gasteiger charge is -2.00. The van der Waals surface area contributed by atoms with Crippen LogP contribution in [-0.2, 0) is 4.74 Å². The van der Waals surface area contributed by atoms with Gasteiger partial charge in [-0.1, -0.05) is 6.07 Å². The Hall–Kier alpha value is -1.89. The number of carbonyl (C=O) groups excluding carboxylic acids is 1. The van der Waals surface area contributed by atoms with E-state index in [1.165, 1.54) is 12.1 Å². The summed E-state index contributed by atoms with van der Waals surface area (Å²) in [6, 6.07) is 4.41. The molecule has 0 radical (unpaired) electrons. The molecule has 19 heavy (non-hydrogen) atoms. The predicted molar refractivity (Wildman–Crippen MR) is 70.0 cm³/mol. The summed E-state index contributed by atoms with van der Waals surface area (Å²) in [6.45, 7) is 1.84. The average molecular weight is 329 g/mol. The Kier molecular flexibility index (Phi) is 3.84. The molecule has 100 valence electrons. The van der Waals surface area contributed by atoms with Crippen LogP contribution in [-0.4, -0.2) is 17.6 Å². The van der Waals surface area contributed by atoms with E-state index in [0.29, 0.717) is 4.47 Å². The molecular formula is C12H10BrFN2O3. The molecule has 0 fully saturated rings. The van der Waals surface area contributed by atoms with Gasteiger partial charge in [0.25, 0.3) is 0 Å². The van der Waals surface area contributed by atoms with E-state index < -0.39 is 11.8 Å². The highest BCUT2D eigenvalue weighted by Gasteiger charge is 2.22. The zero-order valence-corrected chi connectivity index (χ0v) is 11.5. The smallest absolute Gasteiger partial charge is 0.362 e. The van der Waals surface area contributed by atoms with Crippen molar-refractivity contribution < 1.29 is 18.3 Å². The van der Waals surface area contributed by atoms with E-state index in [0.717, 1.165) is 0 Å². The first-order valence-corrected chi connectivity index (χ1v) is 6.21. The summed E-state index contributed by atoms with van der Waals surface area (Å²) >= 11 is 3.19. The fraction of sp³-hybridized carbons (Fsp3) is 0.167. The van der Waals surface area contributed by atoms with Crippen LogP contribution in [0.4, 0.5) is 10.3 Å². The molecule has 0 atom stereocenters. The standard InChI is InChI=1S/C12H10BrFN2O3/c1-2-18-12(17)9-10(15)19-11(16-9)8-6(13)4-3-5-7(8)14/h3-5H,2,15H2,1H3. The molecule has 0 unspecified atom stereocenters. The number of ether oxygens (including phenoxy) is 1. The topological polar surface area (TPSA) is 78.3 Å². The Bertz CT molecular complexity index is 607. The van der Waals surface area contributed by atoms with Crippen LogP contribution < -0.4 is 5.73 Å². The van der Waals surface area contributed by atoms with Gasteiger partial charge in [-0.2, -0.15) is 4.98 Å². The van der Waals surface area contributed by atoms with Crippen LogP contribution in [0.15, 0.2) is 27.1 Å². The summed E-state index contributed by atoms with van der Waals surface area (Å²) in [5.41, 5.74) is 5.48. The van der Waals surface area contributed by atoms with Crippen LogP contribution in [0.1, 0.15) is 17.4 Å². The van der Waals surface area contributed by atoms with E-state index in [1.54, 1.807) is 13.0 Å². The molecule has 0 spiro atoms. The lowest BCUT2D eigenvalue weighted by molar-refractivity contribution is 0.0521. The van der Waals surface area contributed by atoms with Gasteiger partial charge in [0.15, 0.2) is 0 Å². The lowest BCUT2D eigenvalue weighted by atomic mass is 10.2. The first-order chi connectivity index (χ1) is 9.04. The lowest BCUT2D eigenvalue weighted by Crippen LogP contribution is -2.07. The van der Waals surface area contributed by atoms with Gasteiger partial charge >= 0.3 is 5.97 Å². The normalized spacial score (nSPS) is 10.5. The van der Waals surface area contributed by atoms with Crippen molar-refractivity contribution >= 4 is 27.8 Å². The molecule has 0 aliphatic heterocycles. The zero-order valence-electron chi connectivity index (χ0n) is 9.94. The Morgan fingerprint density at radius 2 is 2.32 bits per heavy atom. The molecule has 2 aromatic rings. The third-order valence-corrected chi connectivity index (χ3v) is 2.96. The number of anilines is 1. The number of rotatable bonds is 3. The number of nitrogens with zero attached hydrogens (tertiary/aromatic N) is 1. The minimum absolute atomic E-state index is 0.0782. The van der Waals surface area contributed by atoms with E-state index in [4.69, 9.17) is 14.9 Å². The maximum Gasteiger partial charge on any atom is 0.362 e. The molecule has 1 aromatic heterocycles. The molecule has 0 aliphatic rings. The molecule has 5 nitrogen and oxygen atoms in total. The highest BCUT2D eigenvalue weighted by atomic mass is 79.9. The van der Waals surface area contributed by atoms with Crippen molar-refractivity contribution in [1.29, 1.82) is 0 Å². The average Bonchev–Trinajstić information content (AvgIpc) is 2.71. The SMILES string of the molecule is CCOC(=O)c1nc(-c2c(F)cccc2Br)oc1N. The largest absolute Gasteiger partial charge is 0.461 e. The molecule has 0 amide bonds. The number of nitrogen functional groups attached to an aromatic ring is 1. The molecule has 1 heterocycles. The van der Waals surface area contributed by atoms with E-state index >= 15 is 0 Å². The molecule has 2 N–H and O–H groups in total. The van der Waals surface area contributed by atoms with Gasteiger partial charge in [-0.15, -0.1) is 0 Å². The molecule has 2 rings (SSSR count). The number of benzene rings is 1. The highest BCUT2D eigenvalue weighted by molar-refractivity contribution is 9.10. The van der Waals surface area contributed by atoms with Gasteiger partial charge in [-0.25, -0.2) is 9.18 Å². The number of carbonyl (C=O) groups is 1. The van der Waals surface area contributed by atoms with Crippen molar-refractivity contribution in [3.63, 3.8) is 0 Å². The van der Waals surface area contributed by atoms with E-state index in [1.807, 2.05) is 0 Å². The second-order valence-electron chi connectivity index (χ2n) is 3.55. The number of aromatic nitrogens is 1. The van der Waals surface area contributed by atoms with Crippen LogP contribution in [0, 0.1) is 5.82 Å². The van der Waals surface area contributed by atoms with Gasteiger partial charge in [-0.3, -0.25) is 0 Å². The number of hydrogen-bond acceptors (Lipinski definition) is 5. The predicted octanol–water partition coefficient (Wildman–Crippen LogP) is 3.00. The minimum atomic E-state index is -0.706. The zero-order chi connectivity index (χ0) is 14.0. The first kappa shape index (κ1) is 13.5. The monoisotopic (exact) mass is 328 g/mol. The highest BCUT2D eigenvalue weighted by Crippen LogP contribution is 2.32. The summed E-state index contributed by atoms with van der Waals surface area (Å²) in [5.74, 6) is -1.53. The fourth-order valence-electron chi connectivity index (χ4n) is 1.49. The third kappa shape index (κ3) is 2.60. The second-order valence-corrected chi connectivity index (χ2v) is 4.40. The summed E-state index contributed by atoms with van der Waals surface area (Å²) < 4.78 is 24.1. The van der Waals surface area contributed by atoms with Crippen molar-refractivity contribution in [2.75, 3.05) is 12.3 Å². The van der Waals surface area contributed by atoms with Crippen molar-refractivity contribution in [2.45, 2.75) is 6.92 Å². The molecule has 0 saturated carbocycles. The Morgan fingerprint density at radius 1 is 1.58 bits per heavy atom. The Labute approximate surface area is 116 Å². The molecule has 0 saturated heterocycles. The minimum Gasteiger partial charge on any atom is -0.461 e. The van der Waals surface area contributed by atoms with Crippen LogP contribution >= 0.6 is 15.9 Å². The van der Waals surface area contributed by atoms with Crippen molar-refractivity contribution in [3.05, 3.63) is 34.2 Å². The number of halogens is 2. The van der Waals surface area contributed by atoms with Gasteiger partial charge < -0.3 is 14.9 Å². The molecule has 7 heteroatoms. The van der Waals surface area contributed by atoms with Crippen molar-refractivity contribution in [2.24, 2.45) is 0 Å². The fourth-order valence-corrected chi connectivity index (χ4v) is 2.00. The van der Waals surface area contributed by atoms with Gasteiger partial charge in [0.2, 0.25) is 17.5 Å². The molecule has 0 aliphatic carbocycles. The number of nitrogens with two attached hydrogens (primary N) is 1. The maximum atomic E-state index is 13.7. The number of esters is 1. The van der Waals surface area contributed by atoms with E-state index in [2.05, 4.69) is 20.9 Å². The Morgan fingerprint density at radius 3 is 2.95 bits per heavy atom. The second kappa shape index (κ2) is 5.40. The van der Waals surface area contributed by atoms with Gasteiger partial charge in [0.05, 0.1) is 12.2 Å². The van der Waals surface area contributed by atoms with Crippen molar-refractivity contribution in [1.82, 2.24) is 4.98 Å². The van der Waals surface area contributed by atoms with E-state index in [-0.39, 0.29) is 29.6 Å². The van der Waals surface area contributed by atoms with Crippen LogP contribution in [0.2, 0.25) is 0 Å². The summed E-state index contributed by atoms with van der Waals surface area (Å²) in [4.78, 5) is 15.4. The third-order valence-electron chi connectivity index (χ3n) is 2.30. The van der Waals surface area contributed by atoms with E-state index in [9.17, 15) is 9.18 Å². The van der Waals surface area contributed by atoms with Gasteiger partial charge in [0.1, 0.15) is 5.82 Å². The first-order valence-electron chi connectivity index (χ1n) is 5.42. The maximum absolute atomic E-state index is 13.7. The Balaban J connectivity index is 2.48. The molecule has 0 bridgehead atoms. The number of hydrogen-bond donors (Lipinski definition) is 1. The quantitative estimate of drug-likeness (QED) is 0.876. The number of oxazole rings is 1. The summed E-state index contributed by atoms with van der Waals surface area (Å²) in [5, 5.41) is 0. The van der Waals surface area contributed by atoms with Gasteiger partial charge in [0, 0.05) is 4.47 Å². The van der Waals surface area contributed by atoms with Crippen LogP contribution in [0.25, 0.3) is 11.5 Å². The van der Waals surface area contributed by atoms with Gasteiger partial charge in [-0.05, 0) is 35.0 Å².